The minimum atomic E-state index is -0.496. The third-order valence-electron chi connectivity index (χ3n) is 5.24. The van der Waals surface area contributed by atoms with Crippen molar-refractivity contribution in [3.8, 4) is 11.8 Å². The molecule has 0 saturated carbocycles. The van der Waals surface area contributed by atoms with E-state index in [2.05, 4.69) is 11.4 Å². The zero-order valence-electron chi connectivity index (χ0n) is 18.2. The first-order chi connectivity index (χ1) is 15.5. The molecule has 0 bridgehead atoms. The van der Waals surface area contributed by atoms with Crippen molar-refractivity contribution in [3.63, 3.8) is 0 Å². The zero-order valence-corrected chi connectivity index (χ0v) is 19.0. The minimum absolute atomic E-state index is 0.0536. The fourth-order valence-corrected chi connectivity index (χ4v) is 4.96. The number of fused-ring (bicyclic) bond motifs is 1. The van der Waals surface area contributed by atoms with Gasteiger partial charge in [-0.15, -0.1) is 11.3 Å². The summed E-state index contributed by atoms with van der Waals surface area (Å²) in [6, 6.07) is 9.88. The van der Waals surface area contributed by atoms with Crippen LogP contribution in [0.25, 0.3) is 0 Å². The number of para-hydroxylation sites is 1. The van der Waals surface area contributed by atoms with Crippen molar-refractivity contribution < 1.29 is 24.2 Å². The molecule has 1 aromatic heterocycles. The Bertz CT molecular complexity index is 1010. The average Bonchev–Trinajstić information content (AvgIpc) is 3.13. The largest absolute Gasteiger partial charge is 0.494 e. The highest BCUT2D eigenvalue weighted by Gasteiger charge is 2.28. The molecule has 0 radical (unpaired) electrons. The van der Waals surface area contributed by atoms with Crippen LogP contribution in [0.3, 0.4) is 0 Å². The van der Waals surface area contributed by atoms with Gasteiger partial charge in [0.15, 0.2) is 0 Å². The molecule has 32 heavy (non-hydrogen) atoms. The lowest BCUT2D eigenvalue weighted by atomic mass is 9.96. The number of hydrogen-bond acceptors (Lipinski definition) is 7. The number of nitriles is 1. The molecule has 1 atom stereocenters. The molecule has 1 unspecified atom stereocenters. The Kier molecular flexibility index (Phi) is 8.09. The first kappa shape index (κ1) is 23.6. The van der Waals surface area contributed by atoms with E-state index in [1.54, 1.807) is 0 Å². The van der Waals surface area contributed by atoms with Crippen molar-refractivity contribution in [2.75, 3.05) is 31.7 Å². The molecule has 0 saturated heterocycles. The fraction of sp³-hybridized carbons (Fsp3) is 0.435. The molecule has 170 valence electrons. The molecular weight excluding hydrogens is 430 g/mol. The van der Waals surface area contributed by atoms with Crippen molar-refractivity contribution in [1.82, 2.24) is 4.90 Å². The van der Waals surface area contributed by atoms with Gasteiger partial charge in [-0.1, -0.05) is 25.1 Å². The van der Waals surface area contributed by atoms with E-state index >= 15 is 0 Å². The number of anilines is 1. The van der Waals surface area contributed by atoms with E-state index in [-0.39, 0.29) is 31.5 Å². The van der Waals surface area contributed by atoms with E-state index in [4.69, 9.17) is 14.6 Å². The van der Waals surface area contributed by atoms with Gasteiger partial charge in [0.2, 0.25) is 5.91 Å². The predicted molar refractivity (Wildman–Crippen MR) is 121 cm³/mol. The Hall–Kier alpha value is -3.09. The SMILES string of the molecule is CCOc1ccccc1C(C)CC(=O)Nc1sc2c(c1C#N)CCN(C(=O)OCCO)C2. The lowest BCUT2D eigenvalue weighted by Crippen LogP contribution is -2.36. The summed E-state index contributed by atoms with van der Waals surface area (Å²) < 4.78 is 10.7. The van der Waals surface area contributed by atoms with E-state index in [0.29, 0.717) is 36.7 Å². The van der Waals surface area contributed by atoms with E-state index < -0.39 is 6.09 Å². The maximum atomic E-state index is 12.8. The monoisotopic (exact) mass is 457 g/mol. The smallest absolute Gasteiger partial charge is 0.410 e. The highest BCUT2D eigenvalue weighted by Crippen LogP contribution is 2.37. The number of carbonyl (C=O) groups is 2. The number of thiophene rings is 1. The Morgan fingerprint density at radius 3 is 2.88 bits per heavy atom. The third-order valence-corrected chi connectivity index (χ3v) is 6.37. The van der Waals surface area contributed by atoms with Gasteiger partial charge in [0.1, 0.15) is 23.4 Å². The lowest BCUT2D eigenvalue weighted by molar-refractivity contribution is -0.116. The second-order valence-electron chi connectivity index (χ2n) is 7.45. The highest BCUT2D eigenvalue weighted by atomic mass is 32.1. The number of amides is 2. The quantitative estimate of drug-likeness (QED) is 0.626. The van der Waals surface area contributed by atoms with Crippen LogP contribution in [0.15, 0.2) is 24.3 Å². The number of carbonyl (C=O) groups excluding carboxylic acids is 2. The summed E-state index contributed by atoms with van der Waals surface area (Å²) in [4.78, 5) is 27.3. The summed E-state index contributed by atoms with van der Waals surface area (Å²) in [5.74, 6) is 0.528. The van der Waals surface area contributed by atoms with Crippen LogP contribution in [-0.4, -0.2) is 48.4 Å². The maximum absolute atomic E-state index is 12.8. The van der Waals surface area contributed by atoms with Crippen LogP contribution in [-0.2, 0) is 22.5 Å². The Morgan fingerprint density at radius 2 is 2.16 bits per heavy atom. The molecule has 8 nitrogen and oxygen atoms in total. The zero-order chi connectivity index (χ0) is 23.1. The van der Waals surface area contributed by atoms with Crippen LogP contribution in [0.4, 0.5) is 9.80 Å². The number of ether oxygens (including phenoxy) is 2. The molecule has 0 spiro atoms. The lowest BCUT2D eigenvalue weighted by Gasteiger charge is -2.26. The summed E-state index contributed by atoms with van der Waals surface area (Å²) in [5, 5.41) is 21.9. The van der Waals surface area contributed by atoms with Gasteiger partial charge in [-0.3, -0.25) is 4.79 Å². The van der Waals surface area contributed by atoms with E-state index in [9.17, 15) is 14.9 Å². The van der Waals surface area contributed by atoms with Crippen LogP contribution in [0.1, 0.15) is 47.8 Å². The van der Waals surface area contributed by atoms with Crippen LogP contribution < -0.4 is 10.1 Å². The molecule has 2 heterocycles. The van der Waals surface area contributed by atoms with Gasteiger partial charge < -0.3 is 24.8 Å². The Balaban J connectivity index is 1.69. The van der Waals surface area contributed by atoms with Crippen LogP contribution in [0.5, 0.6) is 5.75 Å². The van der Waals surface area contributed by atoms with Crippen LogP contribution >= 0.6 is 11.3 Å². The summed E-state index contributed by atoms with van der Waals surface area (Å²) >= 11 is 1.32. The summed E-state index contributed by atoms with van der Waals surface area (Å²) in [5.41, 5.74) is 2.30. The predicted octanol–water partition coefficient (Wildman–Crippen LogP) is 3.64. The van der Waals surface area contributed by atoms with Gasteiger partial charge in [0.25, 0.3) is 0 Å². The first-order valence-corrected chi connectivity index (χ1v) is 11.4. The maximum Gasteiger partial charge on any atom is 0.410 e. The molecule has 0 aliphatic carbocycles. The fourth-order valence-electron chi connectivity index (χ4n) is 3.73. The molecular formula is C23H27N3O5S. The van der Waals surface area contributed by atoms with Gasteiger partial charge in [0.05, 0.1) is 25.3 Å². The summed E-state index contributed by atoms with van der Waals surface area (Å²) in [6.07, 6.45) is 0.262. The molecule has 2 aromatic rings. The molecule has 1 aliphatic heterocycles. The third kappa shape index (κ3) is 5.39. The number of aliphatic hydroxyl groups excluding tert-OH is 1. The summed E-state index contributed by atoms with van der Waals surface area (Å²) in [6.45, 7) is 4.89. The molecule has 2 amide bonds. The minimum Gasteiger partial charge on any atom is -0.494 e. The van der Waals surface area contributed by atoms with Crippen molar-refractivity contribution in [3.05, 3.63) is 45.8 Å². The molecule has 1 aliphatic rings. The molecule has 9 heteroatoms. The molecule has 2 N–H and O–H groups in total. The Labute approximate surface area is 191 Å². The number of hydrogen-bond donors (Lipinski definition) is 2. The highest BCUT2D eigenvalue weighted by molar-refractivity contribution is 7.16. The van der Waals surface area contributed by atoms with Crippen molar-refractivity contribution >= 4 is 28.3 Å². The Morgan fingerprint density at radius 1 is 1.38 bits per heavy atom. The van der Waals surface area contributed by atoms with Crippen molar-refractivity contribution in [2.45, 2.75) is 39.2 Å². The van der Waals surface area contributed by atoms with Gasteiger partial charge in [-0.2, -0.15) is 5.26 Å². The van der Waals surface area contributed by atoms with Gasteiger partial charge in [-0.25, -0.2) is 4.79 Å². The average molecular weight is 458 g/mol. The van der Waals surface area contributed by atoms with Crippen LogP contribution in [0, 0.1) is 11.3 Å². The van der Waals surface area contributed by atoms with Gasteiger partial charge in [-0.05, 0) is 36.5 Å². The topological polar surface area (TPSA) is 112 Å². The van der Waals surface area contributed by atoms with E-state index in [1.165, 1.54) is 16.2 Å². The van der Waals surface area contributed by atoms with Gasteiger partial charge >= 0.3 is 6.09 Å². The molecule has 0 fully saturated rings. The van der Waals surface area contributed by atoms with Gasteiger partial charge in [0, 0.05) is 17.8 Å². The second-order valence-corrected chi connectivity index (χ2v) is 8.56. The number of aliphatic hydroxyl groups is 1. The number of rotatable bonds is 8. The van der Waals surface area contributed by atoms with Crippen LogP contribution in [0.2, 0.25) is 0 Å². The number of benzene rings is 1. The second kappa shape index (κ2) is 11.0. The standard InChI is InChI=1S/C23H27N3O5S/c1-3-30-19-7-5-4-6-16(19)15(2)12-21(28)25-22-18(13-24)17-8-9-26(14-20(17)32-22)23(29)31-11-10-27/h4-7,15,27H,3,8-12,14H2,1-2H3,(H,25,28). The summed E-state index contributed by atoms with van der Waals surface area (Å²) in [7, 11) is 0. The van der Waals surface area contributed by atoms with Crippen molar-refractivity contribution in [1.29, 1.82) is 5.26 Å². The molecule has 1 aromatic carbocycles. The number of nitrogens with one attached hydrogen (secondary N) is 1. The van der Waals surface area contributed by atoms with Crippen molar-refractivity contribution in [2.24, 2.45) is 0 Å². The van der Waals surface area contributed by atoms with E-state index in [0.717, 1.165) is 21.8 Å². The first-order valence-electron chi connectivity index (χ1n) is 10.6. The molecule has 3 rings (SSSR count). The van der Waals surface area contributed by atoms with E-state index in [1.807, 2.05) is 38.1 Å². The normalized spacial score (nSPS) is 13.6. The number of nitrogens with zero attached hydrogens (tertiary/aromatic N) is 2.